The van der Waals surface area contributed by atoms with Crippen molar-refractivity contribution in [3.8, 4) is 0 Å². The highest BCUT2D eigenvalue weighted by Gasteiger charge is 2.31. The molecule has 0 spiro atoms. The van der Waals surface area contributed by atoms with E-state index < -0.39 is 31.0 Å². The van der Waals surface area contributed by atoms with E-state index in [0.29, 0.717) is 13.0 Å². The predicted molar refractivity (Wildman–Crippen MR) is 71.8 cm³/mol. The number of hydrogen-bond acceptors (Lipinski definition) is 7. The molecule has 7 nitrogen and oxygen atoms in total. The summed E-state index contributed by atoms with van der Waals surface area (Å²) in [4.78, 5) is 12.8. The second-order valence-corrected chi connectivity index (χ2v) is 4.61. The van der Waals surface area contributed by atoms with Crippen LogP contribution in [0.3, 0.4) is 0 Å². The minimum atomic E-state index is -1.69. The van der Waals surface area contributed by atoms with Crippen molar-refractivity contribution in [3.05, 3.63) is 0 Å². The molecule has 0 heterocycles. The number of carbonyl (C=O) groups excluding carboxylic acids is 1. The van der Waals surface area contributed by atoms with Gasteiger partial charge in [0.05, 0.1) is 12.4 Å². The quantitative estimate of drug-likeness (QED) is 0.264. The summed E-state index contributed by atoms with van der Waals surface area (Å²) in [7, 11) is 0. The van der Waals surface area contributed by atoms with Crippen LogP contribution in [0.1, 0.15) is 13.3 Å². The van der Waals surface area contributed by atoms with Crippen molar-refractivity contribution in [2.45, 2.75) is 37.8 Å². The summed E-state index contributed by atoms with van der Waals surface area (Å²) < 4.78 is 0. The van der Waals surface area contributed by atoms with E-state index in [1.165, 1.54) is 4.90 Å². The summed E-state index contributed by atoms with van der Waals surface area (Å²) in [6.07, 6.45) is -5.65. The van der Waals surface area contributed by atoms with Gasteiger partial charge in [-0.3, -0.25) is 4.79 Å². The zero-order chi connectivity index (χ0) is 15.0. The SMILES string of the molecule is CCCN(C[C@H](O)[C@@H](O)[C@H](O)[C@H](O)CO)C(=O)CS. The Morgan fingerprint density at radius 3 is 2.11 bits per heavy atom. The molecule has 0 aromatic rings. The topological polar surface area (TPSA) is 121 Å². The third-order valence-electron chi connectivity index (χ3n) is 2.71. The van der Waals surface area contributed by atoms with Crippen molar-refractivity contribution >= 4 is 18.5 Å². The second-order valence-electron chi connectivity index (χ2n) is 4.30. The molecule has 0 bridgehead atoms. The first-order valence-electron chi connectivity index (χ1n) is 6.10. The van der Waals surface area contributed by atoms with Gasteiger partial charge in [-0.25, -0.2) is 0 Å². The molecular weight excluding hydrogens is 274 g/mol. The summed E-state index contributed by atoms with van der Waals surface area (Å²) in [5.41, 5.74) is 0. The molecule has 0 saturated heterocycles. The van der Waals surface area contributed by atoms with Gasteiger partial charge in [0.15, 0.2) is 0 Å². The number of thiol groups is 1. The highest BCUT2D eigenvalue weighted by molar-refractivity contribution is 7.81. The van der Waals surface area contributed by atoms with Gasteiger partial charge in [-0.15, -0.1) is 0 Å². The Morgan fingerprint density at radius 1 is 1.16 bits per heavy atom. The molecule has 5 N–H and O–H groups in total. The Bertz CT molecular complexity index is 268. The average Bonchev–Trinajstić information content (AvgIpc) is 2.43. The number of aliphatic hydroxyl groups is 5. The van der Waals surface area contributed by atoms with Crippen molar-refractivity contribution in [2.75, 3.05) is 25.4 Å². The molecule has 0 unspecified atom stereocenters. The van der Waals surface area contributed by atoms with Crippen LogP contribution in [0.25, 0.3) is 0 Å². The number of rotatable bonds is 9. The van der Waals surface area contributed by atoms with E-state index in [9.17, 15) is 25.2 Å². The number of aliphatic hydroxyl groups excluding tert-OH is 5. The van der Waals surface area contributed by atoms with Crippen molar-refractivity contribution in [1.82, 2.24) is 4.90 Å². The van der Waals surface area contributed by atoms with Crippen LogP contribution in [0, 0.1) is 0 Å². The molecule has 19 heavy (non-hydrogen) atoms. The summed E-state index contributed by atoms with van der Waals surface area (Å²) in [5.74, 6) is -0.321. The second kappa shape index (κ2) is 9.51. The van der Waals surface area contributed by atoms with Crippen molar-refractivity contribution in [3.63, 3.8) is 0 Å². The van der Waals surface area contributed by atoms with Crippen LogP contribution in [0.15, 0.2) is 0 Å². The van der Waals surface area contributed by atoms with E-state index in [1.807, 2.05) is 6.92 Å². The summed E-state index contributed by atoms with van der Waals surface area (Å²) in [5, 5.41) is 46.7. The number of carbonyl (C=O) groups is 1. The summed E-state index contributed by atoms with van der Waals surface area (Å²) in [6.45, 7) is 1.33. The van der Waals surface area contributed by atoms with Gasteiger partial charge in [0, 0.05) is 13.1 Å². The molecule has 4 atom stereocenters. The van der Waals surface area contributed by atoms with Gasteiger partial charge < -0.3 is 30.4 Å². The van der Waals surface area contributed by atoms with Crippen molar-refractivity contribution < 1.29 is 30.3 Å². The first-order valence-corrected chi connectivity index (χ1v) is 6.74. The van der Waals surface area contributed by atoms with Gasteiger partial charge in [0.1, 0.15) is 24.4 Å². The van der Waals surface area contributed by atoms with E-state index in [4.69, 9.17) is 5.11 Å². The molecule has 0 fully saturated rings. The van der Waals surface area contributed by atoms with Crippen LogP contribution >= 0.6 is 12.6 Å². The maximum absolute atomic E-state index is 11.5. The molecule has 114 valence electrons. The van der Waals surface area contributed by atoms with E-state index in [1.54, 1.807) is 0 Å². The van der Waals surface area contributed by atoms with Crippen molar-refractivity contribution in [2.24, 2.45) is 0 Å². The molecule has 0 rings (SSSR count). The molecule has 0 aromatic carbocycles. The Balaban J connectivity index is 4.53. The monoisotopic (exact) mass is 297 g/mol. The largest absolute Gasteiger partial charge is 0.394 e. The molecule has 0 aliphatic carbocycles. The molecule has 0 saturated carbocycles. The number of nitrogens with zero attached hydrogens (tertiary/aromatic N) is 1. The van der Waals surface area contributed by atoms with Gasteiger partial charge in [0.25, 0.3) is 0 Å². The lowest BCUT2D eigenvalue weighted by Gasteiger charge is -2.30. The Labute approximate surface area is 117 Å². The Kier molecular flexibility index (Phi) is 9.32. The third kappa shape index (κ3) is 6.07. The van der Waals surface area contributed by atoms with Crippen LogP contribution in [-0.2, 0) is 4.79 Å². The van der Waals surface area contributed by atoms with Crippen LogP contribution < -0.4 is 0 Å². The van der Waals surface area contributed by atoms with Crippen LogP contribution in [0.4, 0.5) is 0 Å². The molecule has 0 aliphatic heterocycles. The zero-order valence-corrected chi connectivity index (χ0v) is 11.8. The molecule has 0 aromatic heterocycles. The van der Waals surface area contributed by atoms with Gasteiger partial charge in [-0.05, 0) is 6.42 Å². The number of hydrogen-bond donors (Lipinski definition) is 6. The average molecular weight is 297 g/mol. The highest BCUT2D eigenvalue weighted by atomic mass is 32.1. The summed E-state index contributed by atoms with van der Waals surface area (Å²) >= 11 is 3.85. The fraction of sp³-hybridized carbons (Fsp3) is 0.909. The summed E-state index contributed by atoms with van der Waals surface area (Å²) in [6, 6.07) is 0. The minimum absolute atomic E-state index is 0.0232. The normalized spacial score (nSPS) is 17.6. The van der Waals surface area contributed by atoms with E-state index >= 15 is 0 Å². The molecule has 1 amide bonds. The van der Waals surface area contributed by atoms with Crippen molar-refractivity contribution in [1.29, 1.82) is 0 Å². The van der Waals surface area contributed by atoms with Gasteiger partial charge >= 0.3 is 0 Å². The minimum Gasteiger partial charge on any atom is -0.394 e. The fourth-order valence-electron chi connectivity index (χ4n) is 1.58. The van der Waals surface area contributed by atoms with E-state index in [2.05, 4.69) is 12.6 Å². The van der Waals surface area contributed by atoms with Gasteiger partial charge in [-0.2, -0.15) is 12.6 Å². The van der Waals surface area contributed by atoms with E-state index in [0.717, 1.165) is 0 Å². The van der Waals surface area contributed by atoms with Gasteiger partial charge in [-0.1, -0.05) is 6.92 Å². The van der Waals surface area contributed by atoms with Crippen LogP contribution in [-0.4, -0.2) is 86.2 Å². The maximum Gasteiger partial charge on any atom is 0.232 e. The van der Waals surface area contributed by atoms with E-state index in [-0.39, 0.29) is 18.2 Å². The van der Waals surface area contributed by atoms with Crippen LogP contribution in [0.2, 0.25) is 0 Å². The van der Waals surface area contributed by atoms with Crippen LogP contribution in [0.5, 0.6) is 0 Å². The fourth-order valence-corrected chi connectivity index (χ4v) is 1.78. The lowest BCUT2D eigenvalue weighted by atomic mass is 10.0. The highest BCUT2D eigenvalue weighted by Crippen LogP contribution is 2.08. The smallest absolute Gasteiger partial charge is 0.232 e. The Hall–Kier alpha value is -0.380. The standard InChI is InChI=1S/C11H23NO6S/c1-2-3-12(9(16)6-19)4-7(14)10(17)11(18)8(15)5-13/h7-8,10-11,13-15,17-19H,2-6H2,1H3/t7-,8+,10+,11+/m0/s1. The first kappa shape index (κ1) is 18.6. The predicted octanol–water partition coefficient (Wildman–Crippen LogP) is -2.41. The molecule has 8 heteroatoms. The molecule has 0 radical (unpaired) electrons. The lowest BCUT2D eigenvalue weighted by molar-refractivity contribution is -0.137. The molecular formula is C11H23NO6S. The zero-order valence-electron chi connectivity index (χ0n) is 10.9. The third-order valence-corrected chi connectivity index (χ3v) is 2.98. The Morgan fingerprint density at radius 2 is 1.68 bits per heavy atom. The first-order chi connectivity index (χ1) is 8.88. The maximum atomic E-state index is 11.5. The van der Waals surface area contributed by atoms with Gasteiger partial charge in [0.2, 0.25) is 5.91 Å². The lowest BCUT2D eigenvalue weighted by Crippen LogP contribution is -2.50. The molecule has 0 aliphatic rings. The number of amides is 1.